The number of hydrogen-bond acceptors (Lipinski definition) is 10. The van der Waals surface area contributed by atoms with Crippen molar-refractivity contribution in [2.45, 2.75) is 50.2 Å². The first-order valence-corrected chi connectivity index (χ1v) is 18.6. The summed E-state index contributed by atoms with van der Waals surface area (Å²) in [4.78, 5) is 17.6. The van der Waals surface area contributed by atoms with E-state index in [1.807, 2.05) is 6.07 Å². The number of piperidine rings is 1. The molecule has 1 aliphatic heterocycles. The van der Waals surface area contributed by atoms with E-state index in [0.29, 0.717) is 52.2 Å². The van der Waals surface area contributed by atoms with Crippen LogP contribution in [-0.4, -0.2) is 68.3 Å². The smallest absolute Gasteiger partial charge is 0.410 e. The minimum absolute atomic E-state index is 0.0647. The van der Waals surface area contributed by atoms with E-state index in [2.05, 4.69) is 9.36 Å². The lowest BCUT2D eigenvalue weighted by atomic mass is 9.81. The van der Waals surface area contributed by atoms with E-state index in [4.69, 9.17) is 42.1 Å². The van der Waals surface area contributed by atoms with Gasteiger partial charge in [-0.1, -0.05) is 35.3 Å². The van der Waals surface area contributed by atoms with Gasteiger partial charge in [-0.2, -0.15) is 4.37 Å². The third kappa shape index (κ3) is 8.94. The summed E-state index contributed by atoms with van der Waals surface area (Å²) in [6.07, 6.45) is 1.15. The van der Waals surface area contributed by atoms with Gasteiger partial charge in [0.05, 0.1) is 37.4 Å². The van der Waals surface area contributed by atoms with Crippen molar-refractivity contribution in [1.29, 1.82) is 0 Å². The molecule has 0 bridgehead atoms. The normalized spacial score (nSPS) is 16.5. The summed E-state index contributed by atoms with van der Waals surface area (Å²) >= 11 is 13.2. The number of carbonyl (C=O) groups excluding carboxylic acids is 1. The van der Waals surface area contributed by atoms with Crippen molar-refractivity contribution in [2.24, 2.45) is 5.92 Å². The number of carbonyl (C=O) groups is 1. The fourth-order valence-corrected chi connectivity index (χ4v) is 8.19. The number of amides is 1. The highest BCUT2D eigenvalue weighted by Crippen LogP contribution is 2.38. The molecule has 1 aliphatic rings. The van der Waals surface area contributed by atoms with Crippen molar-refractivity contribution < 1.29 is 40.9 Å². The largest absolute Gasteiger partial charge is 0.493 e. The summed E-state index contributed by atoms with van der Waals surface area (Å²) in [5, 5.41) is 0.660. The second-order valence-corrected chi connectivity index (χ2v) is 16.1. The molecule has 2 heterocycles. The van der Waals surface area contributed by atoms with Crippen LogP contribution >= 0.6 is 34.7 Å². The summed E-state index contributed by atoms with van der Waals surface area (Å²) in [6, 6.07) is 11.3. The predicted molar refractivity (Wildman–Crippen MR) is 190 cm³/mol. The zero-order chi connectivity index (χ0) is 37.1. The molecule has 0 spiro atoms. The molecular weight excluding hydrogens is 749 g/mol. The molecule has 1 aromatic heterocycles. The van der Waals surface area contributed by atoms with Crippen molar-refractivity contribution in [3.05, 3.63) is 87.7 Å². The molecule has 5 rings (SSSR count). The maximum atomic E-state index is 15.8. The lowest BCUT2D eigenvalue weighted by Gasteiger charge is -2.39. The van der Waals surface area contributed by atoms with Gasteiger partial charge in [-0.3, -0.25) is 0 Å². The highest BCUT2D eigenvalue weighted by Gasteiger charge is 2.36. The van der Waals surface area contributed by atoms with E-state index in [0.717, 1.165) is 27.7 Å². The van der Waals surface area contributed by atoms with Crippen LogP contribution in [0.25, 0.3) is 0 Å². The van der Waals surface area contributed by atoms with Crippen molar-refractivity contribution in [3.8, 4) is 17.2 Å². The monoisotopic (exact) mass is 784 g/mol. The van der Waals surface area contributed by atoms with Gasteiger partial charge < -0.3 is 23.8 Å². The summed E-state index contributed by atoms with van der Waals surface area (Å²) in [7, 11) is -1.84. The summed E-state index contributed by atoms with van der Waals surface area (Å²) < 4.78 is 86.1. The predicted octanol–water partition coefficient (Wildman–Crippen LogP) is 7.96. The number of ether oxygens (including phenoxy) is 4. The Morgan fingerprint density at radius 1 is 1.00 bits per heavy atom. The van der Waals surface area contributed by atoms with E-state index >= 15 is 8.78 Å². The van der Waals surface area contributed by atoms with Gasteiger partial charge in [-0.25, -0.2) is 31.3 Å². The highest BCUT2D eigenvalue weighted by atomic mass is 35.5. The molecular formula is C34H36Cl2F2N4O7S2. The van der Waals surface area contributed by atoms with Crippen molar-refractivity contribution >= 4 is 56.0 Å². The van der Waals surface area contributed by atoms with Crippen molar-refractivity contribution in [3.63, 3.8) is 0 Å². The summed E-state index contributed by atoms with van der Waals surface area (Å²) in [5.41, 5.74) is 0.567. The van der Waals surface area contributed by atoms with Crippen molar-refractivity contribution in [1.82, 2.24) is 14.3 Å². The molecule has 274 valence electrons. The number of anilines is 1. The Kier molecular flexibility index (Phi) is 11.8. The highest BCUT2D eigenvalue weighted by molar-refractivity contribution is 7.93. The molecule has 1 saturated heterocycles. The van der Waals surface area contributed by atoms with E-state index in [1.165, 1.54) is 14.2 Å². The maximum absolute atomic E-state index is 15.8. The van der Waals surface area contributed by atoms with Gasteiger partial charge in [0, 0.05) is 42.7 Å². The van der Waals surface area contributed by atoms with Crippen LogP contribution in [0.4, 0.5) is 18.7 Å². The Morgan fingerprint density at radius 2 is 1.75 bits per heavy atom. The average Bonchev–Trinajstić information content (AvgIpc) is 3.62. The summed E-state index contributed by atoms with van der Waals surface area (Å²) in [5.74, 6) is -2.69. The molecule has 2 atom stereocenters. The molecule has 51 heavy (non-hydrogen) atoms. The van der Waals surface area contributed by atoms with Gasteiger partial charge in [0.15, 0.2) is 23.1 Å². The van der Waals surface area contributed by atoms with Gasteiger partial charge in [0.2, 0.25) is 5.13 Å². The lowest BCUT2D eigenvalue weighted by molar-refractivity contribution is 0.0110. The maximum Gasteiger partial charge on any atom is 0.410 e. The molecule has 11 nitrogen and oxygen atoms in total. The third-order valence-corrected chi connectivity index (χ3v) is 11.4. The zero-order valence-electron chi connectivity index (χ0n) is 28.4. The second-order valence-electron chi connectivity index (χ2n) is 12.7. The van der Waals surface area contributed by atoms with Crippen LogP contribution in [0.3, 0.4) is 0 Å². The third-order valence-electron chi connectivity index (χ3n) is 8.10. The van der Waals surface area contributed by atoms with Crippen LogP contribution in [0.2, 0.25) is 10.0 Å². The zero-order valence-corrected chi connectivity index (χ0v) is 31.5. The number of benzene rings is 3. The SMILES string of the molecule is COc1ccc(CN(c2ncns2)S(=O)(=O)c2cc(F)c(OC[C@@H]3CN(C(=O)OC(C)(C)C)CCC3c3ccc(Cl)c(Cl)c3)cc2F)cc1OC. The van der Waals surface area contributed by atoms with E-state index in [1.54, 1.807) is 56.0 Å². The minimum atomic E-state index is -4.73. The van der Waals surface area contributed by atoms with Crippen LogP contribution in [0.15, 0.2) is 59.8 Å². The van der Waals surface area contributed by atoms with Gasteiger partial charge in [0.1, 0.15) is 22.6 Å². The Morgan fingerprint density at radius 3 is 2.39 bits per heavy atom. The number of sulfonamides is 1. The Balaban J connectivity index is 1.41. The van der Waals surface area contributed by atoms with Gasteiger partial charge in [-0.05, 0) is 68.5 Å². The Bertz CT molecular complexity index is 1980. The Hall–Kier alpha value is -3.92. The fraction of sp³-hybridized carbons (Fsp3) is 0.382. The van der Waals surface area contributed by atoms with Gasteiger partial charge in [-0.15, -0.1) is 0 Å². The van der Waals surface area contributed by atoms with Crippen LogP contribution < -0.4 is 18.5 Å². The van der Waals surface area contributed by atoms with Crippen LogP contribution in [0.5, 0.6) is 17.2 Å². The molecule has 0 N–H and O–H groups in total. The number of methoxy groups -OCH3 is 2. The average molecular weight is 786 g/mol. The first-order chi connectivity index (χ1) is 24.1. The fourth-order valence-electron chi connectivity index (χ4n) is 5.69. The molecule has 0 aliphatic carbocycles. The Labute approximate surface area is 309 Å². The quantitative estimate of drug-likeness (QED) is 0.149. The number of halogens is 4. The number of rotatable bonds is 11. The molecule has 1 fully saturated rings. The van der Waals surface area contributed by atoms with Crippen LogP contribution in [0.1, 0.15) is 44.2 Å². The topological polar surface area (TPSA) is 120 Å². The summed E-state index contributed by atoms with van der Waals surface area (Å²) in [6.45, 7) is 5.39. The number of aromatic nitrogens is 2. The minimum Gasteiger partial charge on any atom is -0.493 e. The number of likely N-dealkylation sites (tertiary alicyclic amines) is 1. The number of hydrogen-bond donors (Lipinski definition) is 0. The molecule has 3 aromatic carbocycles. The molecule has 17 heteroatoms. The first-order valence-electron chi connectivity index (χ1n) is 15.7. The van der Waals surface area contributed by atoms with E-state index in [9.17, 15) is 13.2 Å². The number of nitrogens with zero attached hydrogens (tertiary/aromatic N) is 4. The molecule has 1 unspecified atom stereocenters. The second kappa shape index (κ2) is 15.8. The molecule has 0 radical (unpaired) electrons. The van der Waals surface area contributed by atoms with Crippen molar-refractivity contribution in [2.75, 3.05) is 38.2 Å². The standard InChI is InChI=1S/C34H36Cl2F2N4O7S2/c1-34(2,3)49-33(43)41-11-10-23(21-7-8-24(35)25(36)13-21)22(17-41)18-48-29-14-27(38)31(15-26(29)37)51(44,45)42(32-39-19-40-50-32)16-20-6-9-28(46-4)30(12-20)47-5/h6-9,12-15,19,22-23H,10-11,16-18H2,1-5H3/t22-,23?/m0/s1. The molecule has 4 aromatic rings. The van der Waals surface area contributed by atoms with Gasteiger partial charge in [0.25, 0.3) is 10.0 Å². The lowest BCUT2D eigenvalue weighted by Crippen LogP contribution is -2.46. The first kappa shape index (κ1) is 38.3. The van der Waals surface area contributed by atoms with E-state index in [-0.39, 0.29) is 30.7 Å². The van der Waals surface area contributed by atoms with Crippen LogP contribution in [-0.2, 0) is 21.3 Å². The van der Waals surface area contributed by atoms with E-state index < -0.39 is 49.9 Å². The van der Waals surface area contributed by atoms with Gasteiger partial charge >= 0.3 is 6.09 Å². The van der Waals surface area contributed by atoms with Crippen LogP contribution in [0, 0.1) is 17.6 Å². The molecule has 1 amide bonds. The molecule has 0 saturated carbocycles.